The van der Waals surface area contributed by atoms with Gasteiger partial charge in [-0.3, -0.25) is 9.69 Å². The summed E-state index contributed by atoms with van der Waals surface area (Å²) in [7, 11) is 1.91. The number of carbonyl (C=O) groups is 1. The van der Waals surface area contributed by atoms with E-state index in [-0.39, 0.29) is 42.9 Å². The molecule has 1 aromatic rings. The minimum Gasteiger partial charge on any atom is -0.373 e. The van der Waals surface area contributed by atoms with E-state index in [2.05, 4.69) is 29.4 Å². The first-order chi connectivity index (χ1) is 11.1. The Morgan fingerprint density at radius 2 is 1.72 bits per heavy atom. The molecular weight excluding hydrogens is 361 g/mol. The fourth-order valence-electron chi connectivity index (χ4n) is 3.00. The normalized spacial score (nSPS) is 20.3. The SMILES string of the molecule is CNCCCNC(=O)c1ccc(CN2CC(C)OC(C)C2)cc1.Cl.Cl. The Bertz CT molecular complexity index is 490. The van der Waals surface area contributed by atoms with Gasteiger partial charge in [0.25, 0.3) is 5.91 Å². The second-order valence-electron chi connectivity index (χ2n) is 6.36. The average Bonchev–Trinajstić information content (AvgIpc) is 2.51. The first kappa shape index (κ1) is 24.1. The van der Waals surface area contributed by atoms with Gasteiger partial charge in [0.15, 0.2) is 0 Å². The number of benzene rings is 1. The van der Waals surface area contributed by atoms with Gasteiger partial charge in [-0.15, -0.1) is 24.8 Å². The van der Waals surface area contributed by atoms with Gasteiger partial charge in [0, 0.05) is 31.7 Å². The summed E-state index contributed by atoms with van der Waals surface area (Å²) >= 11 is 0. The summed E-state index contributed by atoms with van der Waals surface area (Å²) in [5.74, 6) is 0.00118. The number of amides is 1. The number of nitrogens with one attached hydrogen (secondary N) is 2. The van der Waals surface area contributed by atoms with Gasteiger partial charge < -0.3 is 15.4 Å². The van der Waals surface area contributed by atoms with E-state index in [1.54, 1.807) is 0 Å². The molecule has 25 heavy (non-hydrogen) atoms. The lowest BCUT2D eigenvalue weighted by molar-refractivity contribution is -0.0704. The Hall–Kier alpha value is -0.850. The van der Waals surface area contributed by atoms with Crippen molar-refractivity contribution in [1.82, 2.24) is 15.5 Å². The van der Waals surface area contributed by atoms with E-state index in [4.69, 9.17) is 4.74 Å². The summed E-state index contributed by atoms with van der Waals surface area (Å²) in [6.45, 7) is 8.66. The van der Waals surface area contributed by atoms with Crippen LogP contribution >= 0.6 is 24.8 Å². The minimum absolute atomic E-state index is 0. The van der Waals surface area contributed by atoms with Crippen molar-refractivity contribution in [3.8, 4) is 0 Å². The number of carbonyl (C=O) groups excluding carboxylic acids is 1. The molecule has 2 rings (SSSR count). The van der Waals surface area contributed by atoms with Crippen molar-refractivity contribution in [1.29, 1.82) is 0 Å². The number of hydrogen-bond acceptors (Lipinski definition) is 4. The van der Waals surface area contributed by atoms with E-state index in [0.717, 1.165) is 38.2 Å². The summed E-state index contributed by atoms with van der Waals surface area (Å²) in [5, 5.41) is 6.01. The Kier molecular flexibility index (Phi) is 12.1. The van der Waals surface area contributed by atoms with Gasteiger partial charge in [-0.25, -0.2) is 0 Å². The van der Waals surface area contributed by atoms with Gasteiger partial charge in [-0.1, -0.05) is 12.1 Å². The largest absolute Gasteiger partial charge is 0.373 e. The zero-order valence-corrected chi connectivity index (χ0v) is 16.9. The molecule has 0 radical (unpaired) electrons. The van der Waals surface area contributed by atoms with Crippen molar-refractivity contribution >= 4 is 30.7 Å². The van der Waals surface area contributed by atoms with Gasteiger partial charge in [-0.2, -0.15) is 0 Å². The number of halogens is 2. The molecule has 1 aliphatic heterocycles. The number of nitrogens with zero attached hydrogens (tertiary/aromatic N) is 1. The number of ether oxygens (including phenoxy) is 1. The molecule has 0 spiro atoms. The molecule has 0 aliphatic carbocycles. The van der Waals surface area contributed by atoms with Crippen LogP contribution in [0.3, 0.4) is 0 Å². The van der Waals surface area contributed by atoms with Crippen LogP contribution in [0.5, 0.6) is 0 Å². The van der Waals surface area contributed by atoms with Crippen LogP contribution in [0.25, 0.3) is 0 Å². The number of hydrogen-bond donors (Lipinski definition) is 2. The van der Waals surface area contributed by atoms with E-state index < -0.39 is 0 Å². The van der Waals surface area contributed by atoms with Crippen molar-refractivity contribution in [2.45, 2.75) is 39.0 Å². The summed E-state index contributed by atoms with van der Waals surface area (Å²) in [4.78, 5) is 14.4. The van der Waals surface area contributed by atoms with Crippen LogP contribution in [-0.2, 0) is 11.3 Å². The molecule has 0 aromatic heterocycles. The van der Waals surface area contributed by atoms with Crippen molar-refractivity contribution in [3.05, 3.63) is 35.4 Å². The fraction of sp³-hybridized carbons (Fsp3) is 0.611. The highest BCUT2D eigenvalue weighted by Gasteiger charge is 2.21. The maximum Gasteiger partial charge on any atom is 0.251 e. The number of rotatable bonds is 7. The van der Waals surface area contributed by atoms with E-state index in [0.29, 0.717) is 6.54 Å². The highest BCUT2D eigenvalue weighted by molar-refractivity contribution is 5.94. The molecule has 0 bridgehead atoms. The molecule has 1 aliphatic rings. The molecule has 0 saturated carbocycles. The van der Waals surface area contributed by atoms with Crippen molar-refractivity contribution < 1.29 is 9.53 Å². The van der Waals surface area contributed by atoms with E-state index in [1.165, 1.54) is 5.56 Å². The lowest BCUT2D eigenvalue weighted by atomic mass is 10.1. The Balaban J connectivity index is 0.00000288. The van der Waals surface area contributed by atoms with Gasteiger partial charge in [0.2, 0.25) is 0 Å². The molecular formula is C18H31Cl2N3O2. The van der Waals surface area contributed by atoms with Crippen LogP contribution in [0.4, 0.5) is 0 Å². The molecule has 1 fully saturated rings. The van der Waals surface area contributed by atoms with E-state index in [1.807, 2.05) is 31.3 Å². The molecule has 2 atom stereocenters. The predicted molar refractivity (Wildman–Crippen MR) is 107 cm³/mol. The smallest absolute Gasteiger partial charge is 0.251 e. The van der Waals surface area contributed by atoms with Crippen LogP contribution in [0.15, 0.2) is 24.3 Å². The molecule has 1 amide bonds. The third kappa shape index (κ3) is 8.38. The molecule has 144 valence electrons. The van der Waals surface area contributed by atoms with E-state index >= 15 is 0 Å². The summed E-state index contributed by atoms with van der Waals surface area (Å²) in [5.41, 5.74) is 1.96. The topological polar surface area (TPSA) is 53.6 Å². The van der Waals surface area contributed by atoms with Crippen molar-refractivity contribution in [2.75, 3.05) is 33.2 Å². The monoisotopic (exact) mass is 391 g/mol. The standard InChI is InChI=1S/C18H29N3O2.2ClH/c1-14-11-21(12-15(2)23-14)13-16-5-7-17(8-6-16)18(22)20-10-4-9-19-3;;/h5-8,14-15,19H,4,9-13H2,1-3H3,(H,20,22);2*1H. The van der Waals surface area contributed by atoms with Crippen molar-refractivity contribution in [2.24, 2.45) is 0 Å². The maximum atomic E-state index is 12.0. The summed E-state index contributed by atoms with van der Waals surface area (Å²) < 4.78 is 5.76. The second-order valence-corrected chi connectivity index (χ2v) is 6.36. The molecule has 7 heteroatoms. The Labute approximate surface area is 163 Å². The zero-order valence-electron chi connectivity index (χ0n) is 15.3. The summed E-state index contributed by atoms with van der Waals surface area (Å²) in [6, 6.07) is 7.92. The van der Waals surface area contributed by atoms with Crippen LogP contribution in [-0.4, -0.2) is 56.2 Å². The van der Waals surface area contributed by atoms with Gasteiger partial charge in [0.1, 0.15) is 0 Å². The lowest BCUT2D eigenvalue weighted by Crippen LogP contribution is -2.44. The minimum atomic E-state index is 0. The molecule has 5 nitrogen and oxygen atoms in total. The zero-order chi connectivity index (χ0) is 16.7. The van der Waals surface area contributed by atoms with Gasteiger partial charge in [0.05, 0.1) is 12.2 Å². The number of morpholine rings is 1. The Morgan fingerprint density at radius 3 is 2.28 bits per heavy atom. The molecule has 2 N–H and O–H groups in total. The van der Waals surface area contributed by atoms with Crippen LogP contribution < -0.4 is 10.6 Å². The highest BCUT2D eigenvalue weighted by Crippen LogP contribution is 2.14. The third-order valence-electron chi connectivity index (χ3n) is 4.01. The van der Waals surface area contributed by atoms with Crippen molar-refractivity contribution in [3.63, 3.8) is 0 Å². The lowest BCUT2D eigenvalue weighted by Gasteiger charge is -2.35. The third-order valence-corrected chi connectivity index (χ3v) is 4.01. The predicted octanol–water partition coefficient (Wildman–Crippen LogP) is 2.48. The first-order valence-electron chi connectivity index (χ1n) is 8.48. The molecule has 1 aromatic carbocycles. The summed E-state index contributed by atoms with van der Waals surface area (Å²) in [6.07, 6.45) is 1.50. The molecule has 1 heterocycles. The van der Waals surface area contributed by atoms with E-state index in [9.17, 15) is 4.79 Å². The highest BCUT2D eigenvalue weighted by atomic mass is 35.5. The maximum absolute atomic E-state index is 12.0. The molecule has 2 unspecified atom stereocenters. The Morgan fingerprint density at radius 1 is 1.12 bits per heavy atom. The van der Waals surface area contributed by atoms with Crippen LogP contribution in [0.2, 0.25) is 0 Å². The van der Waals surface area contributed by atoms with Gasteiger partial charge in [-0.05, 0) is 51.6 Å². The van der Waals surface area contributed by atoms with Crippen LogP contribution in [0, 0.1) is 0 Å². The second kappa shape index (κ2) is 12.5. The van der Waals surface area contributed by atoms with Gasteiger partial charge >= 0.3 is 0 Å². The van der Waals surface area contributed by atoms with Crippen LogP contribution in [0.1, 0.15) is 36.2 Å². The fourth-order valence-corrected chi connectivity index (χ4v) is 3.00. The average molecular weight is 392 g/mol. The first-order valence-corrected chi connectivity index (χ1v) is 8.48. The molecule has 1 saturated heterocycles. The quantitative estimate of drug-likeness (QED) is 0.700.